The third kappa shape index (κ3) is 4.16. The molecule has 0 spiro atoms. The molecule has 2 aliphatic heterocycles. The fourth-order valence-corrected chi connectivity index (χ4v) is 4.56. The predicted octanol–water partition coefficient (Wildman–Crippen LogP) is 4.07. The number of carbonyl (C=O) groups excluding carboxylic acids is 2. The molecule has 152 valence electrons. The third-order valence-electron chi connectivity index (χ3n) is 5.97. The van der Waals surface area contributed by atoms with Crippen LogP contribution in [-0.2, 0) is 22.5 Å². The number of ether oxygens (including phenoxy) is 1. The number of methoxy groups -OCH3 is 1. The highest BCUT2D eigenvalue weighted by Gasteiger charge is 2.32. The number of esters is 1. The second-order valence-electron chi connectivity index (χ2n) is 7.68. The van der Waals surface area contributed by atoms with E-state index in [1.165, 1.54) is 12.7 Å². The molecule has 1 amide bonds. The molecule has 4 rings (SSSR count). The third-order valence-corrected chi connectivity index (χ3v) is 6.22. The average Bonchev–Trinajstić information content (AvgIpc) is 3.12. The lowest BCUT2D eigenvalue weighted by atomic mass is 9.94. The van der Waals surface area contributed by atoms with E-state index < -0.39 is 0 Å². The predicted molar refractivity (Wildman–Crippen MR) is 113 cm³/mol. The maximum atomic E-state index is 12.5. The molecule has 1 unspecified atom stereocenters. The van der Waals surface area contributed by atoms with Crippen LogP contribution in [-0.4, -0.2) is 43.0 Å². The van der Waals surface area contributed by atoms with Gasteiger partial charge in [0.25, 0.3) is 0 Å². The van der Waals surface area contributed by atoms with Crippen molar-refractivity contribution in [2.24, 2.45) is 0 Å². The maximum absolute atomic E-state index is 12.5. The first kappa shape index (κ1) is 19.9. The fraction of sp³-hybridized carbons (Fsp3) is 0.391. The Kier molecular flexibility index (Phi) is 5.88. The van der Waals surface area contributed by atoms with E-state index >= 15 is 0 Å². The van der Waals surface area contributed by atoms with Crippen LogP contribution >= 0.6 is 11.6 Å². The lowest BCUT2D eigenvalue weighted by Gasteiger charge is -2.32. The highest BCUT2D eigenvalue weighted by atomic mass is 35.5. The van der Waals surface area contributed by atoms with Gasteiger partial charge in [0, 0.05) is 42.8 Å². The molecule has 5 nitrogen and oxygen atoms in total. The van der Waals surface area contributed by atoms with Crippen molar-refractivity contribution in [1.82, 2.24) is 4.90 Å². The van der Waals surface area contributed by atoms with E-state index in [9.17, 15) is 9.59 Å². The van der Waals surface area contributed by atoms with Gasteiger partial charge >= 0.3 is 5.97 Å². The SMILES string of the molecule is COC(=O)c1cccc2c1CN(CCC1CCC(=O)N1c1ccc(Cl)cc1)CC2. The Hall–Kier alpha value is -2.37. The summed E-state index contributed by atoms with van der Waals surface area (Å²) >= 11 is 6.00. The van der Waals surface area contributed by atoms with Crippen molar-refractivity contribution >= 4 is 29.2 Å². The van der Waals surface area contributed by atoms with Gasteiger partial charge in [-0.1, -0.05) is 23.7 Å². The van der Waals surface area contributed by atoms with Crippen LogP contribution in [0.4, 0.5) is 5.69 Å². The quantitative estimate of drug-likeness (QED) is 0.694. The molecule has 1 atom stereocenters. The summed E-state index contributed by atoms with van der Waals surface area (Å²) in [6.07, 6.45) is 3.29. The Morgan fingerprint density at radius 1 is 1.17 bits per heavy atom. The van der Waals surface area contributed by atoms with E-state index in [1.807, 2.05) is 41.3 Å². The zero-order valence-corrected chi connectivity index (χ0v) is 17.3. The van der Waals surface area contributed by atoms with Gasteiger partial charge in [-0.3, -0.25) is 9.69 Å². The summed E-state index contributed by atoms with van der Waals surface area (Å²) in [5.74, 6) is -0.103. The Morgan fingerprint density at radius 2 is 1.97 bits per heavy atom. The van der Waals surface area contributed by atoms with E-state index in [-0.39, 0.29) is 17.9 Å². The van der Waals surface area contributed by atoms with Gasteiger partial charge < -0.3 is 9.64 Å². The van der Waals surface area contributed by atoms with Crippen molar-refractivity contribution in [3.63, 3.8) is 0 Å². The highest BCUT2D eigenvalue weighted by molar-refractivity contribution is 6.30. The van der Waals surface area contributed by atoms with E-state index in [0.29, 0.717) is 17.0 Å². The van der Waals surface area contributed by atoms with Gasteiger partial charge in [0.05, 0.1) is 12.7 Å². The standard InChI is InChI=1S/C23H25ClN2O3/c1-29-23(28)20-4-2-3-16-11-13-25(15-21(16)20)14-12-19-9-10-22(27)26(19)18-7-5-17(24)6-8-18/h2-8,19H,9-15H2,1H3. The molecule has 2 aromatic carbocycles. The largest absolute Gasteiger partial charge is 0.465 e. The summed E-state index contributed by atoms with van der Waals surface area (Å²) in [6.45, 7) is 2.58. The van der Waals surface area contributed by atoms with E-state index in [0.717, 1.165) is 50.1 Å². The Labute approximate surface area is 176 Å². The number of halogens is 1. The number of anilines is 1. The number of hydrogen-bond donors (Lipinski definition) is 0. The Morgan fingerprint density at radius 3 is 2.72 bits per heavy atom. The van der Waals surface area contributed by atoms with Crippen molar-refractivity contribution in [2.75, 3.05) is 25.1 Å². The van der Waals surface area contributed by atoms with Crippen molar-refractivity contribution in [3.05, 3.63) is 64.2 Å². The van der Waals surface area contributed by atoms with Gasteiger partial charge in [-0.15, -0.1) is 0 Å². The molecule has 2 aromatic rings. The van der Waals surface area contributed by atoms with Crippen LogP contribution in [0.25, 0.3) is 0 Å². The van der Waals surface area contributed by atoms with Crippen LogP contribution in [0.3, 0.4) is 0 Å². The highest BCUT2D eigenvalue weighted by Crippen LogP contribution is 2.30. The molecule has 0 aromatic heterocycles. The Bertz CT molecular complexity index is 913. The van der Waals surface area contributed by atoms with Crippen molar-refractivity contribution < 1.29 is 14.3 Å². The number of amides is 1. The summed E-state index contributed by atoms with van der Waals surface area (Å²) in [6, 6.07) is 13.5. The molecular weight excluding hydrogens is 388 g/mol. The summed E-state index contributed by atoms with van der Waals surface area (Å²) in [4.78, 5) is 28.9. The zero-order chi connectivity index (χ0) is 20.4. The first-order valence-corrected chi connectivity index (χ1v) is 10.4. The van der Waals surface area contributed by atoms with Crippen molar-refractivity contribution in [3.8, 4) is 0 Å². The Balaban J connectivity index is 1.44. The van der Waals surface area contributed by atoms with E-state index in [2.05, 4.69) is 11.0 Å². The molecule has 2 aliphatic rings. The van der Waals surface area contributed by atoms with Gasteiger partial charge in [0.1, 0.15) is 0 Å². The average molecular weight is 413 g/mol. The van der Waals surface area contributed by atoms with Crippen LogP contribution < -0.4 is 4.90 Å². The lowest BCUT2D eigenvalue weighted by molar-refractivity contribution is -0.117. The number of benzene rings is 2. The molecule has 29 heavy (non-hydrogen) atoms. The van der Waals surface area contributed by atoms with Crippen LogP contribution in [0.1, 0.15) is 40.7 Å². The first-order valence-electron chi connectivity index (χ1n) is 10.1. The van der Waals surface area contributed by atoms with Gasteiger partial charge in [-0.2, -0.15) is 0 Å². The summed E-state index contributed by atoms with van der Waals surface area (Å²) in [5, 5.41) is 0.672. The zero-order valence-electron chi connectivity index (χ0n) is 16.6. The lowest BCUT2D eigenvalue weighted by Crippen LogP contribution is -2.38. The summed E-state index contributed by atoms with van der Waals surface area (Å²) < 4.78 is 4.95. The van der Waals surface area contributed by atoms with Crippen LogP contribution in [0.5, 0.6) is 0 Å². The number of hydrogen-bond acceptors (Lipinski definition) is 4. The van der Waals surface area contributed by atoms with Crippen LogP contribution in [0.15, 0.2) is 42.5 Å². The minimum Gasteiger partial charge on any atom is -0.465 e. The first-order chi connectivity index (χ1) is 14.1. The van der Waals surface area contributed by atoms with Gasteiger partial charge in [0.2, 0.25) is 5.91 Å². The van der Waals surface area contributed by atoms with Gasteiger partial charge in [-0.05, 0) is 60.7 Å². The summed E-state index contributed by atoms with van der Waals surface area (Å²) in [5.41, 5.74) is 3.87. The molecule has 0 bridgehead atoms. The summed E-state index contributed by atoms with van der Waals surface area (Å²) in [7, 11) is 1.42. The van der Waals surface area contributed by atoms with E-state index in [1.54, 1.807) is 0 Å². The van der Waals surface area contributed by atoms with Gasteiger partial charge in [-0.25, -0.2) is 4.79 Å². The monoisotopic (exact) mass is 412 g/mol. The molecular formula is C23H25ClN2O3. The van der Waals surface area contributed by atoms with Crippen molar-refractivity contribution in [2.45, 2.75) is 38.3 Å². The number of rotatable bonds is 5. The van der Waals surface area contributed by atoms with Crippen LogP contribution in [0, 0.1) is 0 Å². The molecule has 1 fully saturated rings. The fourth-order valence-electron chi connectivity index (χ4n) is 4.43. The molecule has 1 saturated heterocycles. The molecule has 0 saturated carbocycles. The molecule has 2 heterocycles. The number of fused-ring (bicyclic) bond motifs is 1. The maximum Gasteiger partial charge on any atom is 0.338 e. The number of carbonyl (C=O) groups is 2. The molecule has 0 radical (unpaired) electrons. The second kappa shape index (κ2) is 8.56. The van der Waals surface area contributed by atoms with E-state index in [4.69, 9.17) is 16.3 Å². The normalized spacial score (nSPS) is 19.3. The number of nitrogens with zero attached hydrogens (tertiary/aromatic N) is 2. The topological polar surface area (TPSA) is 49.9 Å². The molecule has 0 aliphatic carbocycles. The molecule has 0 N–H and O–H groups in total. The minimum atomic E-state index is -0.279. The smallest absolute Gasteiger partial charge is 0.338 e. The second-order valence-corrected chi connectivity index (χ2v) is 8.12. The minimum absolute atomic E-state index is 0.175. The van der Waals surface area contributed by atoms with Crippen LogP contribution in [0.2, 0.25) is 5.02 Å². The van der Waals surface area contributed by atoms with Gasteiger partial charge in [0.15, 0.2) is 0 Å². The van der Waals surface area contributed by atoms with Crippen molar-refractivity contribution in [1.29, 1.82) is 0 Å². The molecule has 6 heteroatoms.